The fourth-order valence-corrected chi connectivity index (χ4v) is 1.55. The molecule has 0 aromatic heterocycles. The third kappa shape index (κ3) is 2.04. The van der Waals surface area contributed by atoms with Gasteiger partial charge in [0.25, 0.3) is 0 Å². The monoisotopic (exact) mass is 188 g/mol. The molecule has 1 aromatic carbocycles. The third-order valence-electron chi connectivity index (χ3n) is 1.48. The molecule has 0 amide bonds. The lowest BCUT2D eigenvalue weighted by molar-refractivity contribution is 0.484. The first-order valence-corrected chi connectivity index (χ1v) is 5.28. The largest absolute Gasteiger partial charge is 0.246 e. The summed E-state index contributed by atoms with van der Waals surface area (Å²) in [5, 5.41) is 0. The maximum absolute atomic E-state index is 12.1. The van der Waals surface area contributed by atoms with Crippen LogP contribution in [0.2, 0.25) is 0 Å². The highest BCUT2D eigenvalue weighted by Gasteiger charge is 2.06. The molecule has 0 atom stereocenters. The lowest BCUT2D eigenvalue weighted by atomic mass is 10.2. The van der Waals surface area contributed by atoms with E-state index in [0.29, 0.717) is 5.56 Å². The van der Waals surface area contributed by atoms with Crippen molar-refractivity contribution >= 4 is 9.84 Å². The second-order valence-corrected chi connectivity index (χ2v) is 4.57. The summed E-state index contributed by atoms with van der Waals surface area (Å²) in [6.07, 6.45) is 1.10. The zero-order chi connectivity index (χ0) is 9.19. The van der Waals surface area contributed by atoms with Gasteiger partial charge in [0.05, 0.1) is 4.90 Å². The van der Waals surface area contributed by atoms with Crippen LogP contribution in [0.4, 0.5) is 4.39 Å². The number of alkyl halides is 1. The molecule has 0 unspecified atom stereocenters. The van der Waals surface area contributed by atoms with Crippen molar-refractivity contribution in [3.63, 3.8) is 0 Å². The summed E-state index contributed by atoms with van der Waals surface area (Å²) in [4.78, 5) is 0.164. The Bertz CT molecular complexity index is 370. The van der Waals surface area contributed by atoms with Crippen molar-refractivity contribution in [1.29, 1.82) is 0 Å². The summed E-state index contributed by atoms with van der Waals surface area (Å²) >= 11 is 0. The predicted molar refractivity (Wildman–Crippen MR) is 44.4 cm³/mol. The van der Waals surface area contributed by atoms with E-state index >= 15 is 0 Å². The van der Waals surface area contributed by atoms with Crippen LogP contribution in [0.1, 0.15) is 5.56 Å². The van der Waals surface area contributed by atoms with Gasteiger partial charge >= 0.3 is 0 Å². The Morgan fingerprint density at radius 1 is 1.42 bits per heavy atom. The van der Waals surface area contributed by atoms with Gasteiger partial charge in [0.2, 0.25) is 0 Å². The topological polar surface area (TPSA) is 34.1 Å². The smallest absolute Gasteiger partial charge is 0.175 e. The van der Waals surface area contributed by atoms with Gasteiger partial charge in [-0.05, 0) is 17.7 Å². The van der Waals surface area contributed by atoms with Crippen molar-refractivity contribution in [1.82, 2.24) is 0 Å². The van der Waals surface area contributed by atoms with Gasteiger partial charge in [-0.25, -0.2) is 12.8 Å². The van der Waals surface area contributed by atoms with Gasteiger partial charge in [0.1, 0.15) is 6.67 Å². The minimum absolute atomic E-state index is 0.164. The van der Waals surface area contributed by atoms with Gasteiger partial charge in [-0.2, -0.15) is 0 Å². The minimum atomic E-state index is -3.20. The van der Waals surface area contributed by atoms with Crippen LogP contribution in [0.25, 0.3) is 0 Å². The van der Waals surface area contributed by atoms with Crippen LogP contribution in [0.5, 0.6) is 0 Å². The van der Waals surface area contributed by atoms with Crippen molar-refractivity contribution < 1.29 is 12.8 Å². The highest BCUT2D eigenvalue weighted by Crippen LogP contribution is 2.11. The van der Waals surface area contributed by atoms with Crippen LogP contribution in [0.15, 0.2) is 29.2 Å². The summed E-state index contributed by atoms with van der Waals surface area (Å²) in [7, 11) is -3.20. The molecule has 0 saturated heterocycles. The maximum atomic E-state index is 12.1. The zero-order valence-electron chi connectivity index (χ0n) is 6.62. The molecule has 0 aliphatic carbocycles. The van der Waals surface area contributed by atoms with Gasteiger partial charge in [0.15, 0.2) is 9.84 Å². The molecular formula is C8H9FO2S. The Morgan fingerprint density at radius 2 is 2.08 bits per heavy atom. The van der Waals surface area contributed by atoms with Crippen molar-refractivity contribution in [2.75, 3.05) is 6.26 Å². The molecule has 0 heterocycles. The van der Waals surface area contributed by atoms with E-state index in [1.165, 1.54) is 18.2 Å². The Hall–Kier alpha value is -0.900. The van der Waals surface area contributed by atoms with Gasteiger partial charge in [0, 0.05) is 6.26 Å². The molecule has 0 fully saturated rings. The quantitative estimate of drug-likeness (QED) is 0.705. The molecule has 0 bridgehead atoms. The summed E-state index contributed by atoms with van der Waals surface area (Å²) in [5.74, 6) is 0. The number of hydrogen-bond donors (Lipinski definition) is 0. The predicted octanol–water partition coefficient (Wildman–Crippen LogP) is 1.56. The van der Waals surface area contributed by atoms with Crippen LogP contribution in [0.3, 0.4) is 0 Å². The molecule has 1 aromatic rings. The van der Waals surface area contributed by atoms with Crippen molar-refractivity contribution in [3.05, 3.63) is 29.8 Å². The fraction of sp³-hybridized carbons (Fsp3) is 0.250. The van der Waals surface area contributed by atoms with Crippen LogP contribution in [-0.2, 0) is 16.5 Å². The third-order valence-corrected chi connectivity index (χ3v) is 2.59. The van der Waals surface area contributed by atoms with Crippen LogP contribution < -0.4 is 0 Å². The first kappa shape index (κ1) is 9.19. The van der Waals surface area contributed by atoms with E-state index in [4.69, 9.17) is 0 Å². The van der Waals surface area contributed by atoms with E-state index in [1.54, 1.807) is 6.07 Å². The molecule has 4 heteroatoms. The summed E-state index contributed by atoms with van der Waals surface area (Å²) in [6.45, 7) is -0.636. The number of benzene rings is 1. The Labute approximate surface area is 71.0 Å². The van der Waals surface area contributed by atoms with E-state index in [9.17, 15) is 12.8 Å². The van der Waals surface area contributed by atoms with E-state index < -0.39 is 16.5 Å². The first-order chi connectivity index (χ1) is 5.54. The van der Waals surface area contributed by atoms with Crippen LogP contribution >= 0.6 is 0 Å². The number of hydrogen-bond acceptors (Lipinski definition) is 2. The molecule has 0 spiro atoms. The molecule has 0 N–H and O–H groups in total. The molecule has 0 aliphatic rings. The highest BCUT2D eigenvalue weighted by molar-refractivity contribution is 7.90. The van der Waals surface area contributed by atoms with E-state index in [2.05, 4.69) is 0 Å². The van der Waals surface area contributed by atoms with E-state index in [1.807, 2.05) is 0 Å². The standard InChI is InChI=1S/C8H9FO2S/c1-12(10,11)8-4-2-3-7(5-8)6-9/h2-5H,6H2,1H3. The molecule has 12 heavy (non-hydrogen) atoms. The average Bonchev–Trinajstić information content (AvgIpc) is 2.03. The Morgan fingerprint density at radius 3 is 2.58 bits per heavy atom. The minimum Gasteiger partial charge on any atom is -0.246 e. The number of rotatable bonds is 2. The molecule has 66 valence electrons. The van der Waals surface area contributed by atoms with Gasteiger partial charge in [-0.3, -0.25) is 0 Å². The zero-order valence-corrected chi connectivity index (χ0v) is 7.44. The molecule has 2 nitrogen and oxygen atoms in total. The maximum Gasteiger partial charge on any atom is 0.175 e. The van der Waals surface area contributed by atoms with Crippen molar-refractivity contribution in [2.24, 2.45) is 0 Å². The number of sulfone groups is 1. The molecule has 1 rings (SSSR count). The highest BCUT2D eigenvalue weighted by atomic mass is 32.2. The van der Waals surface area contributed by atoms with Gasteiger partial charge < -0.3 is 0 Å². The van der Waals surface area contributed by atoms with Crippen LogP contribution in [-0.4, -0.2) is 14.7 Å². The fourth-order valence-electron chi connectivity index (χ4n) is 0.859. The van der Waals surface area contributed by atoms with Gasteiger partial charge in [-0.15, -0.1) is 0 Å². The molecule has 0 saturated carbocycles. The molecule has 0 aliphatic heterocycles. The Balaban J connectivity index is 3.20. The van der Waals surface area contributed by atoms with Crippen molar-refractivity contribution in [3.8, 4) is 0 Å². The second kappa shape index (κ2) is 3.23. The molecule has 0 radical (unpaired) electrons. The first-order valence-electron chi connectivity index (χ1n) is 3.39. The lowest BCUT2D eigenvalue weighted by Crippen LogP contribution is -1.97. The summed E-state index contributed by atoms with van der Waals surface area (Å²) in [6, 6.07) is 5.88. The average molecular weight is 188 g/mol. The van der Waals surface area contributed by atoms with Crippen molar-refractivity contribution in [2.45, 2.75) is 11.6 Å². The van der Waals surface area contributed by atoms with Crippen LogP contribution in [0, 0.1) is 0 Å². The van der Waals surface area contributed by atoms with Gasteiger partial charge in [-0.1, -0.05) is 12.1 Å². The number of halogens is 1. The van der Waals surface area contributed by atoms with E-state index in [-0.39, 0.29) is 4.90 Å². The summed E-state index contributed by atoms with van der Waals surface area (Å²) in [5.41, 5.74) is 0.387. The normalized spacial score (nSPS) is 11.5. The SMILES string of the molecule is CS(=O)(=O)c1cccc(CF)c1. The Kier molecular flexibility index (Phi) is 2.47. The molecular weight excluding hydrogens is 179 g/mol. The second-order valence-electron chi connectivity index (χ2n) is 2.55. The van der Waals surface area contributed by atoms with E-state index in [0.717, 1.165) is 6.26 Å². The summed E-state index contributed by atoms with van der Waals surface area (Å²) < 4.78 is 34.1. The lowest BCUT2D eigenvalue weighted by Gasteiger charge is -1.98.